The molecule has 0 spiro atoms. The molecule has 0 aliphatic heterocycles. The number of hydrogen-bond donors (Lipinski definition) is 0. The van der Waals surface area contributed by atoms with Gasteiger partial charge in [-0.15, -0.1) is 0 Å². The first-order valence-electron chi connectivity index (χ1n) is 0. The maximum atomic E-state index is 0. The van der Waals surface area contributed by atoms with Gasteiger partial charge in [-0.05, 0) is 0 Å². The number of hydrogen-bond acceptors (Lipinski definition) is 0. The van der Waals surface area contributed by atoms with E-state index in [0.717, 1.165) is 0 Å². The van der Waals surface area contributed by atoms with E-state index < -0.39 is 0 Å². The van der Waals surface area contributed by atoms with Crippen LogP contribution in [0.5, 0.6) is 0 Å². The monoisotopic (exact) mass is 213 g/mol. The molecule has 0 amide bonds. The normalized spacial score (nSPS) is 0. The van der Waals surface area contributed by atoms with Gasteiger partial charge in [0.05, 0.1) is 0 Å². The van der Waals surface area contributed by atoms with Crippen LogP contribution in [0, 0.1) is 0 Å². The van der Waals surface area contributed by atoms with Crippen LogP contribution >= 0.6 is 0 Å². The third-order valence-corrected chi connectivity index (χ3v) is 0. The molecule has 0 aromatic rings. The van der Waals surface area contributed by atoms with E-state index in [1.54, 1.807) is 0 Å². The van der Waals surface area contributed by atoms with E-state index in [-0.39, 0.29) is 71.2 Å². The zero-order valence-electron chi connectivity index (χ0n) is 1.63. The van der Waals surface area contributed by atoms with Crippen LogP contribution in [0.15, 0.2) is 0 Å². The summed E-state index contributed by atoms with van der Waals surface area (Å²) in [7, 11) is 0. The van der Waals surface area contributed by atoms with E-state index in [1.165, 1.54) is 0 Å². The van der Waals surface area contributed by atoms with E-state index in [0.29, 0.717) is 0 Å². The first-order chi connectivity index (χ1) is 0. The van der Waals surface area contributed by atoms with Gasteiger partial charge >= 0.3 is 0 Å². The van der Waals surface area contributed by atoms with Crippen LogP contribution in [0.4, 0.5) is 0 Å². The Morgan fingerprint density at radius 3 is 0.750 bits per heavy atom. The van der Waals surface area contributed by atoms with Crippen molar-refractivity contribution in [3.05, 3.63) is 0 Å². The molecule has 0 unspecified atom stereocenters. The van der Waals surface area contributed by atoms with Crippen molar-refractivity contribution in [2.75, 3.05) is 0 Å². The fourth-order valence-electron chi connectivity index (χ4n) is 0. The van der Waals surface area contributed by atoms with Gasteiger partial charge in [0.2, 0.25) is 0 Å². The largest absolute Gasteiger partial charge is 0 e. The summed E-state index contributed by atoms with van der Waals surface area (Å²) >= 11 is 0. The van der Waals surface area contributed by atoms with Gasteiger partial charge in [-0.1, -0.05) is 0 Å². The molecule has 25 valence electrons. The van der Waals surface area contributed by atoms with Gasteiger partial charge in [-0.2, -0.15) is 0 Å². The van der Waals surface area contributed by atoms with Crippen LogP contribution in [0.1, 0.15) is 0 Å². The first-order valence-corrected chi connectivity index (χ1v) is 0. The third kappa shape index (κ3) is 8.88. The van der Waals surface area contributed by atoms with Gasteiger partial charge in [0.25, 0.3) is 0 Å². The molecule has 0 fully saturated rings. The average Bonchev–Trinajstić information content (AvgIpc) is 0. The Bertz CT molecular complexity index is 6.00. The fraction of sp³-hybridized carbons (Fsp3) is 0. The summed E-state index contributed by atoms with van der Waals surface area (Å²) in [5.41, 5.74) is 0. The summed E-state index contributed by atoms with van der Waals surface area (Å²) < 4.78 is 0. The van der Waals surface area contributed by atoms with Crippen LogP contribution in [-0.2, 0) is 71.2 Å². The summed E-state index contributed by atoms with van der Waals surface area (Å²) in [4.78, 5) is 0. The Morgan fingerprint density at radius 2 is 0.750 bits per heavy atom. The van der Waals surface area contributed by atoms with Crippen molar-refractivity contribution in [1.82, 2.24) is 0 Å². The Hall–Kier alpha value is 2.21. The zero-order valence-corrected chi connectivity index (χ0v) is 6.70. The minimum Gasteiger partial charge on any atom is 0 e. The zero-order chi connectivity index (χ0) is 0. The molecule has 0 N–H and O–H groups in total. The van der Waals surface area contributed by atoms with Crippen molar-refractivity contribution in [3.63, 3.8) is 0 Å². The SMILES string of the molecule is [Fe].[Mn].[V].[V]. The first kappa shape index (κ1) is 34.5. The molecule has 0 heterocycles. The van der Waals surface area contributed by atoms with Gasteiger partial charge in [-0.3, -0.25) is 0 Å². The van der Waals surface area contributed by atoms with Crippen LogP contribution in [0.2, 0.25) is 0 Å². The van der Waals surface area contributed by atoms with Crippen LogP contribution < -0.4 is 0 Å². The smallest absolute Gasteiger partial charge is 0 e. The second-order valence-corrected chi connectivity index (χ2v) is 0. The third-order valence-electron chi connectivity index (χ3n) is 0. The minimum absolute atomic E-state index is 0. The Morgan fingerprint density at radius 1 is 0.750 bits per heavy atom. The van der Waals surface area contributed by atoms with Gasteiger partial charge in [0, 0.05) is 71.2 Å². The maximum absolute atomic E-state index is 0. The number of rotatable bonds is 0. The van der Waals surface area contributed by atoms with Crippen LogP contribution in [0.3, 0.4) is 0 Å². The molecule has 4 heavy (non-hydrogen) atoms. The minimum atomic E-state index is 0. The second-order valence-electron chi connectivity index (χ2n) is 0. The van der Waals surface area contributed by atoms with Crippen LogP contribution in [-0.4, -0.2) is 0 Å². The standard InChI is InChI=1S/Fe.Mn.2V. The average molecular weight is 213 g/mol. The summed E-state index contributed by atoms with van der Waals surface area (Å²) in [6.07, 6.45) is 0. The van der Waals surface area contributed by atoms with Crippen molar-refractivity contribution in [3.8, 4) is 0 Å². The van der Waals surface area contributed by atoms with E-state index in [9.17, 15) is 0 Å². The molecule has 0 nitrogen and oxygen atoms in total. The summed E-state index contributed by atoms with van der Waals surface area (Å²) in [6, 6.07) is 0. The molecule has 0 aromatic carbocycles. The quantitative estimate of drug-likeness (QED) is 0.496. The second kappa shape index (κ2) is 18.9. The molecule has 4 heteroatoms. The van der Waals surface area contributed by atoms with Crippen molar-refractivity contribution in [2.45, 2.75) is 0 Å². The Kier molecular flexibility index (Phi) is 163. The van der Waals surface area contributed by atoms with Gasteiger partial charge < -0.3 is 0 Å². The Labute approximate surface area is 70.6 Å². The van der Waals surface area contributed by atoms with E-state index in [1.807, 2.05) is 0 Å². The molecule has 0 aliphatic carbocycles. The molecule has 0 saturated heterocycles. The topological polar surface area (TPSA) is 0 Å². The summed E-state index contributed by atoms with van der Waals surface area (Å²) in [5, 5.41) is 0. The van der Waals surface area contributed by atoms with Crippen molar-refractivity contribution < 1.29 is 71.2 Å². The van der Waals surface area contributed by atoms with Crippen molar-refractivity contribution in [1.29, 1.82) is 0 Å². The predicted octanol–water partition coefficient (Wildman–Crippen LogP) is -0.0100. The summed E-state index contributed by atoms with van der Waals surface area (Å²) in [5.74, 6) is 0. The molecule has 0 aromatic heterocycles. The van der Waals surface area contributed by atoms with E-state index in [4.69, 9.17) is 0 Å². The Balaban J connectivity index is 0. The molecule has 0 rings (SSSR count). The molecule has 0 aliphatic rings. The molecule has 0 saturated carbocycles. The molecular weight excluding hydrogens is 213 g/mol. The molecule has 0 bridgehead atoms. The van der Waals surface area contributed by atoms with E-state index >= 15 is 0 Å². The van der Waals surface area contributed by atoms with Gasteiger partial charge in [0.1, 0.15) is 0 Å². The van der Waals surface area contributed by atoms with Gasteiger partial charge in [-0.25, -0.2) is 0 Å². The van der Waals surface area contributed by atoms with E-state index in [2.05, 4.69) is 0 Å². The van der Waals surface area contributed by atoms with Gasteiger partial charge in [0.15, 0.2) is 0 Å². The predicted molar refractivity (Wildman–Crippen MR) is 0 cm³/mol. The summed E-state index contributed by atoms with van der Waals surface area (Å²) in [6.45, 7) is 0. The van der Waals surface area contributed by atoms with Crippen molar-refractivity contribution in [2.24, 2.45) is 0 Å². The fourth-order valence-corrected chi connectivity index (χ4v) is 0. The van der Waals surface area contributed by atoms with Crippen LogP contribution in [0.25, 0.3) is 0 Å². The molecule has 3 radical (unpaired) electrons. The maximum Gasteiger partial charge on any atom is 0 e. The molecule has 0 atom stereocenters. The molecular formula is FeMnV2. The van der Waals surface area contributed by atoms with Crippen molar-refractivity contribution >= 4 is 0 Å².